The van der Waals surface area contributed by atoms with Gasteiger partial charge in [0, 0.05) is 13.2 Å². The molecular weight excluding hydrogens is 320 g/mol. The highest BCUT2D eigenvalue weighted by molar-refractivity contribution is 7.87. The summed E-state index contributed by atoms with van der Waals surface area (Å²) in [5.41, 5.74) is 0. The van der Waals surface area contributed by atoms with Crippen LogP contribution in [0.4, 0.5) is 0 Å². The molecule has 0 radical (unpaired) electrons. The summed E-state index contributed by atoms with van der Waals surface area (Å²) in [5, 5.41) is 0. The van der Waals surface area contributed by atoms with E-state index in [9.17, 15) is 13.0 Å². The number of aryl methyl sites for hydroxylation is 2. The molecule has 1 rings (SSSR count). The van der Waals surface area contributed by atoms with Crippen molar-refractivity contribution in [3.63, 3.8) is 0 Å². The van der Waals surface area contributed by atoms with Gasteiger partial charge in [0.1, 0.15) is 22.5 Å². The number of aromatic nitrogens is 2. The molecule has 7 nitrogen and oxygen atoms in total. The summed E-state index contributed by atoms with van der Waals surface area (Å²) < 4.78 is 46.4. The molecule has 0 aromatic carbocycles. The van der Waals surface area contributed by atoms with E-state index < -0.39 is 15.1 Å². The zero-order chi connectivity index (χ0) is 17.9. The Kier molecular flexibility index (Phi) is 10.3. The van der Waals surface area contributed by atoms with Gasteiger partial charge in [0.2, 0.25) is 6.33 Å². The highest BCUT2D eigenvalue weighted by Crippen LogP contribution is 2.17. The summed E-state index contributed by atoms with van der Waals surface area (Å²) in [6.07, 6.45) is 8.82. The third kappa shape index (κ3) is 8.45. The molecule has 0 aliphatic rings. The number of hydrogen-bond donors (Lipinski definition) is 0. The van der Waals surface area contributed by atoms with Crippen molar-refractivity contribution >= 4 is 10.1 Å². The molecule has 0 aliphatic carbocycles. The molecule has 136 valence electrons. The average Bonchev–Trinajstić information content (AvgIpc) is 2.88. The lowest BCUT2D eigenvalue weighted by molar-refractivity contribution is -0.671. The van der Waals surface area contributed by atoms with Gasteiger partial charge in [-0.15, -0.1) is 0 Å². The minimum Gasteiger partial charge on any atom is -0.746 e. The van der Waals surface area contributed by atoms with E-state index >= 15 is 0 Å². The predicted octanol–water partition coefficient (Wildman–Crippen LogP) is 1.43. The lowest BCUT2D eigenvalue weighted by Crippen LogP contribution is -2.42. The summed E-state index contributed by atoms with van der Waals surface area (Å²) in [4.78, 5) is -1.77. The van der Waals surface area contributed by atoms with Crippen molar-refractivity contribution in [1.29, 1.82) is 0 Å². The number of nitrogens with zero attached hydrogens (tertiary/aromatic N) is 2. The van der Waals surface area contributed by atoms with E-state index in [1.54, 1.807) is 13.8 Å². The van der Waals surface area contributed by atoms with Gasteiger partial charge in [-0.05, 0) is 27.2 Å². The maximum absolute atomic E-state index is 10.8. The van der Waals surface area contributed by atoms with Crippen LogP contribution >= 0.6 is 0 Å². The second-order valence-corrected chi connectivity index (χ2v) is 7.10. The Hall–Kier alpha value is -0.960. The Morgan fingerprint density at radius 2 is 1.91 bits per heavy atom. The van der Waals surface area contributed by atoms with Crippen LogP contribution in [-0.2, 0) is 33.2 Å². The van der Waals surface area contributed by atoms with E-state index in [0.717, 1.165) is 6.54 Å². The Labute approximate surface area is 140 Å². The zero-order valence-electron chi connectivity index (χ0n) is 14.8. The molecule has 1 aromatic heterocycles. The number of rotatable bonds is 9. The molecular formula is C15H30N2O5S. The van der Waals surface area contributed by atoms with Gasteiger partial charge in [-0.25, -0.2) is 17.6 Å². The second-order valence-electron chi connectivity index (χ2n) is 5.33. The van der Waals surface area contributed by atoms with Crippen molar-refractivity contribution in [3.8, 4) is 0 Å². The summed E-state index contributed by atoms with van der Waals surface area (Å²) >= 11 is 0. The van der Waals surface area contributed by atoms with Gasteiger partial charge in [-0.1, -0.05) is 13.3 Å². The third-order valence-electron chi connectivity index (χ3n) is 3.14. The average molecular weight is 350 g/mol. The van der Waals surface area contributed by atoms with Crippen molar-refractivity contribution in [2.24, 2.45) is 7.05 Å². The highest BCUT2D eigenvalue weighted by atomic mass is 32.2. The molecule has 0 amide bonds. The molecule has 0 saturated carbocycles. The number of imidazole rings is 1. The predicted molar refractivity (Wildman–Crippen MR) is 86.7 cm³/mol. The van der Waals surface area contributed by atoms with E-state index in [2.05, 4.69) is 34.8 Å². The van der Waals surface area contributed by atoms with E-state index in [4.69, 9.17) is 9.47 Å². The minimum absolute atomic E-state index is 0.158. The van der Waals surface area contributed by atoms with E-state index in [-0.39, 0.29) is 13.2 Å². The van der Waals surface area contributed by atoms with Crippen molar-refractivity contribution in [2.45, 2.75) is 52.0 Å². The fraction of sp³-hybridized carbons (Fsp3) is 0.800. The molecule has 0 spiro atoms. The van der Waals surface area contributed by atoms with Gasteiger partial charge in [0.05, 0.1) is 20.2 Å². The first kappa shape index (κ1) is 22.0. The third-order valence-corrected chi connectivity index (χ3v) is 4.43. The Balaban J connectivity index is 0.000000433. The van der Waals surface area contributed by atoms with Gasteiger partial charge in [0.15, 0.2) is 4.93 Å². The van der Waals surface area contributed by atoms with E-state index in [1.165, 1.54) is 19.8 Å². The molecule has 1 heterocycles. The normalized spacial score (nSPS) is 14.0. The molecule has 0 aliphatic heterocycles. The fourth-order valence-corrected chi connectivity index (χ4v) is 2.24. The number of ether oxygens (including phenoxy) is 2. The van der Waals surface area contributed by atoms with Gasteiger partial charge in [0.25, 0.3) is 0 Å². The van der Waals surface area contributed by atoms with E-state index in [1.807, 2.05) is 7.05 Å². The molecule has 0 N–H and O–H groups in total. The molecule has 0 bridgehead atoms. The highest BCUT2D eigenvalue weighted by Gasteiger charge is 2.32. The second kappa shape index (κ2) is 10.7. The van der Waals surface area contributed by atoms with Crippen LogP contribution in [0.3, 0.4) is 0 Å². The molecule has 0 saturated heterocycles. The first-order valence-corrected chi connectivity index (χ1v) is 9.29. The van der Waals surface area contributed by atoms with Crippen LogP contribution in [0.5, 0.6) is 0 Å². The standard InChI is InChI=1S/C8H15N2.C7H16O5S/c1-3-4-5-10-7-6-9(2)8-10;1-4-11-6-7(3,12-5-2)13(8,9)10/h6-8H,3-5H2,1-2H3;4-6H2,1-3H3,(H,8,9,10)/q+1;/p-1. The molecule has 8 heteroatoms. The Bertz CT molecular complexity index is 530. The van der Waals surface area contributed by atoms with Crippen LogP contribution in [-0.4, -0.2) is 42.3 Å². The Morgan fingerprint density at radius 1 is 1.26 bits per heavy atom. The van der Waals surface area contributed by atoms with Crippen LogP contribution in [0.2, 0.25) is 0 Å². The summed E-state index contributed by atoms with van der Waals surface area (Å²) in [6, 6.07) is 0. The van der Waals surface area contributed by atoms with Crippen molar-refractivity contribution < 1.29 is 27.0 Å². The van der Waals surface area contributed by atoms with Crippen molar-refractivity contribution in [2.75, 3.05) is 19.8 Å². The SMILES string of the molecule is CCCCn1cc[n+](C)c1.CCOCC(C)(OCC)S(=O)(=O)[O-]. The van der Waals surface area contributed by atoms with Crippen LogP contribution in [0, 0.1) is 0 Å². The summed E-state index contributed by atoms with van der Waals surface area (Å²) in [7, 11) is -2.45. The number of unbranched alkanes of at least 4 members (excludes halogenated alkanes) is 1. The van der Waals surface area contributed by atoms with Crippen LogP contribution in [0.25, 0.3) is 0 Å². The summed E-state index contributed by atoms with van der Waals surface area (Å²) in [6.45, 7) is 8.18. The molecule has 0 fully saturated rings. The molecule has 23 heavy (non-hydrogen) atoms. The largest absolute Gasteiger partial charge is 0.746 e. The maximum atomic E-state index is 10.8. The fourth-order valence-electron chi connectivity index (χ4n) is 1.75. The van der Waals surface area contributed by atoms with Crippen LogP contribution < -0.4 is 4.57 Å². The zero-order valence-corrected chi connectivity index (χ0v) is 15.6. The first-order chi connectivity index (χ1) is 10.7. The molecule has 1 aromatic rings. The maximum Gasteiger partial charge on any atom is 0.243 e. The van der Waals surface area contributed by atoms with E-state index in [0.29, 0.717) is 6.61 Å². The topological polar surface area (TPSA) is 84.5 Å². The monoisotopic (exact) mass is 350 g/mol. The molecule has 1 atom stereocenters. The quantitative estimate of drug-likeness (QED) is 0.497. The van der Waals surface area contributed by atoms with Crippen LogP contribution in [0.1, 0.15) is 40.5 Å². The van der Waals surface area contributed by atoms with Gasteiger partial charge < -0.3 is 14.0 Å². The smallest absolute Gasteiger partial charge is 0.243 e. The Morgan fingerprint density at radius 3 is 2.30 bits per heavy atom. The van der Waals surface area contributed by atoms with Crippen LogP contribution in [0.15, 0.2) is 18.7 Å². The van der Waals surface area contributed by atoms with Crippen molar-refractivity contribution in [3.05, 3.63) is 18.7 Å². The summed E-state index contributed by atoms with van der Waals surface area (Å²) in [5.74, 6) is 0. The lowest BCUT2D eigenvalue weighted by atomic mass is 10.3. The van der Waals surface area contributed by atoms with Crippen molar-refractivity contribution in [1.82, 2.24) is 4.57 Å². The van der Waals surface area contributed by atoms with Gasteiger partial charge in [-0.2, -0.15) is 0 Å². The minimum atomic E-state index is -4.50. The first-order valence-electron chi connectivity index (χ1n) is 7.88. The number of hydrogen-bond acceptors (Lipinski definition) is 5. The van der Waals surface area contributed by atoms with Gasteiger partial charge >= 0.3 is 0 Å². The lowest BCUT2D eigenvalue weighted by Gasteiger charge is -2.31. The molecule has 1 unspecified atom stereocenters. The van der Waals surface area contributed by atoms with Gasteiger partial charge in [-0.3, -0.25) is 0 Å².